The molecule has 0 atom stereocenters. The van der Waals surface area contributed by atoms with Gasteiger partial charge in [-0.2, -0.15) is 0 Å². The number of hydrogen-bond donors (Lipinski definition) is 0. The summed E-state index contributed by atoms with van der Waals surface area (Å²) in [6, 6.07) is 19.5. The molecule has 0 aliphatic heterocycles. The van der Waals surface area contributed by atoms with Crippen LogP contribution in [-0.2, 0) is 6.42 Å². The molecule has 0 unspecified atom stereocenters. The Morgan fingerprint density at radius 2 is 1.26 bits per heavy atom. The topological polar surface area (TPSA) is 0 Å². The van der Waals surface area contributed by atoms with E-state index in [1.165, 1.54) is 11.6 Å². The fourth-order valence-corrected chi connectivity index (χ4v) is 2.71. The first-order valence-electron chi connectivity index (χ1n) is 7.82. The molecule has 0 nitrogen and oxygen atoms in total. The van der Waals surface area contributed by atoms with Crippen molar-refractivity contribution in [3.05, 3.63) is 83.9 Å². The number of halogens is 2. The maximum atomic E-state index is 13.8. The van der Waals surface area contributed by atoms with Crippen LogP contribution in [-0.4, -0.2) is 0 Å². The molecule has 0 fully saturated rings. The fourth-order valence-electron chi connectivity index (χ4n) is 2.71. The molecule has 3 rings (SSSR count). The molecule has 0 radical (unpaired) electrons. The Bertz CT molecular complexity index is 787. The van der Waals surface area contributed by atoms with Gasteiger partial charge in [0.1, 0.15) is 11.6 Å². The van der Waals surface area contributed by atoms with Crippen molar-refractivity contribution in [2.75, 3.05) is 0 Å². The van der Waals surface area contributed by atoms with Crippen molar-refractivity contribution in [3.8, 4) is 22.3 Å². The summed E-state index contributed by atoms with van der Waals surface area (Å²) < 4.78 is 27.1. The second-order valence-corrected chi connectivity index (χ2v) is 5.65. The van der Waals surface area contributed by atoms with Crippen molar-refractivity contribution in [2.24, 2.45) is 0 Å². The number of benzene rings is 3. The summed E-state index contributed by atoms with van der Waals surface area (Å²) in [6.07, 6.45) is 2.21. The minimum absolute atomic E-state index is 0.287. The Labute approximate surface area is 135 Å². The fraction of sp³-hybridized carbons (Fsp3) is 0.143. The molecule has 23 heavy (non-hydrogen) atoms. The van der Waals surface area contributed by atoms with Gasteiger partial charge in [0, 0.05) is 5.56 Å². The van der Waals surface area contributed by atoms with E-state index in [4.69, 9.17) is 0 Å². The lowest BCUT2D eigenvalue weighted by Crippen LogP contribution is -1.87. The first-order chi connectivity index (χ1) is 11.2. The van der Waals surface area contributed by atoms with E-state index in [-0.39, 0.29) is 5.56 Å². The first-order valence-corrected chi connectivity index (χ1v) is 7.82. The maximum Gasteiger partial charge on any atom is 0.131 e. The molecule has 0 aliphatic carbocycles. The molecule has 0 heterocycles. The van der Waals surface area contributed by atoms with Crippen molar-refractivity contribution in [3.63, 3.8) is 0 Å². The van der Waals surface area contributed by atoms with Crippen LogP contribution in [0.2, 0.25) is 0 Å². The van der Waals surface area contributed by atoms with Gasteiger partial charge < -0.3 is 0 Å². The summed E-state index contributed by atoms with van der Waals surface area (Å²) >= 11 is 0. The van der Waals surface area contributed by atoms with E-state index in [0.29, 0.717) is 5.56 Å². The Morgan fingerprint density at radius 1 is 0.696 bits per heavy atom. The van der Waals surface area contributed by atoms with E-state index < -0.39 is 11.6 Å². The van der Waals surface area contributed by atoms with Crippen molar-refractivity contribution in [1.29, 1.82) is 0 Å². The second kappa shape index (κ2) is 6.74. The smallest absolute Gasteiger partial charge is 0.131 e. The number of aryl methyl sites for hydroxylation is 1. The van der Waals surface area contributed by atoms with Gasteiger partial charge in [0.2, 0.25) is 0 Å². The third kappa shape index (κ3) is 3.48. The Balaban J connectivity index is 1.88. The summed E-state index contributed by atoms with van der Waals surface area (Å²) in [5.74, 6) is -0.847. The molecule has 0 spiro atoms. The van der Waals surface area contributed by atoms with Gasteiger partial charge in [-0.15, -0.1) is 0 Å². The van der Waals surface area contributed by atoms with Gasteiger partial charge in [-0.3, -0.25) is 0 Å². The van der Waals surface area contributed by atoms with Crippen LogP contribution < -0.4 is 0 Å². The average molecular weight is 308 g/mol. The Kier molecular flexibility index (Phi) is 4.52. The molecule has 2 heteroatoms. The van der Waals surface area contributed by atoms with Crippen LogP contribution in [0.4, 0.5) is 8.78 Å². The highest BCUT2D eigenvalue weighted by atomic mass is 19.1. The summed E-state index contributed by atoms with van der Waals surface area (Å²) in [6.45, 7) is 2.16. The lowest BCUT2D eigenvalue weighted by atomic mass is 9.98. The van der Waals surface area contributed by atoms with E-state index in [9.17, 15) is 8.78 Å². The lowest BCUT2D eigenvalue weighted by Gasteiger charge is -2.07. The highest BCUT2D eigenvalue weighted by Gasteiger charge is 2.07. The van der Waals surface area contributed by atoms with Crippen LogP contribution in [0.25, 0.3) is 22.3 Å². The molecule has 116 valence electrons. The van der Waals surface area contributed by atoms with Crippen LogP contribution in [0, 0.1) is 11.6 Å². The van der Waals surface area contributed by atoms with E-state index >= 15 is 0 Å². The molecule has 3 aromatic rings. The van der Waals surface area contributed by atoms with E-state index in [1.54, 1.807) is 0 Å². The van der Waals surface area contributed by atoms with Gasteiger partial charge in [0.25, 0.3) is 0 Å². The van der Waals surface area contributed by atoms with Gasteiger partial charge in [0.15, 0.2) is 0 Å². The predicted molar refractivity (Wildman–Crippen MR) is 91.2 cm³/mol. The minimum Gasteiger partial charge on any atom is -0.207 e. The first kappa shape index (κ1) is 15.4. The van der Waals surface area contributed by atoms with Gasteiger partial charge in [-0.1, -0.05) is 61.9 Å². The summed E-state index contributed by atoms with van der Waals surface area (Å²) in [5.41, 5.74) is 4.47. The molecule has 0 aromatic heterocycles. The molecule has 0 amide bonds. The predicted octanol–water partition coefficient (Wildman–Crippen LogP) is 6.25. The molecule has 0 saturated heterocycles. The molecule has 0 bridgehead atoms. The van der Waals surface area contributed by atoms with Crippen molar-refractivity contribution in [2.45, 2.75) is 19.8 Å². The van der Waals surface area contributed by atoms with E-state index in [1.807, 2.05) is 24.3 Å². The highest BCUT2D eigenvalue weighted by Crippen LogP contribution is 2.27. The van der Waals surface area contributed by atoms with Crippen LogP contribution in [0.5, 0.6) is 0 Å². The summed E-state index contributed by atoms with van der Waals surface area (Å²) in [5, 5.41) is 0. The molecule has 0 saturated carbocycles. The molecular formula is C21H18F2. The molecule has 3 aromatic carbocycles. The lowest BCUT2D eigenvalue weighted by molar-refractivity contribution is 0.603. The minimum atomic E-state index is -0.433. The Morgan fingerprint density at radius 3 is 1.87 bits per heavy atom. The van der Waals surface area contributed by atoms with Crippen LogP contribution in [0.15, 0.2) is 66.7 Å². The van der Waals surface area contributed by atoms with E-state index in [0.717, 1.165) is 36.1 Å². The monoisotopic (exact) mass is 308 g/mol. The second-order valence-electron chi connectivity index (χ2n) is 5.65. The zero-order chi connectivity index (χ0) is 16.2. The zero-order valence-electron chi connectivity index (χ0n) is 13.0. The van der Waals surface area contributed by atoms with E-state index in [2.05, 4.69) is 31.2 Å². The quantitative estimate of drug-likeness (QED) is 0.534. The highest BCUT2D eigenvalue weighted by molar-refractivity contribution is 5.70. The van der Waals surface area contributed by atoms with Gasteiger partial charge >= 0.3 is 0 Å². The Hall–Kier alpha value is -2.48. The SMILES string of the molecule is CCCc1ccc(-c2ccc(-c3cc(F)ccc3F)cc2)cc1. The van der Waals surface area contributed by atoms with Crippen LogP contribution >= 0.6 is 0 Å². The maximum absolute atomic E-state index is 13.8. The van der Waals surface area contributed by atoms with Gasteiger partial charge in [-0.25, -0.2) is 8.78 Å². The normalized spacial score (nSPS) is 10.7. The zero-order valence-corrected chi connectivity index (χ0v) is 13.0. The number of hydrogen-bond acceptors (Lipinski definition) is 0. The summed E-state index contributed by atoms with van der Waals surface area (Å²) in [4.78, 5) is 0. The standard InChI is InChI=1S/C21H18F2/c1-2-3-15-4-6-16(7-5-15)17-8-10-18(11-9-17)20-14-19(22)12-13-21(20)23/h4-14H,2-3H2,1H3. The van der Waals surface area contributed by atoms with Crippen LogP contribution in [0.1, 0.15) is 18.9 Å². The van der Waals surface area contributed by atoms with Gasteiger partial charge in [0.05, 0.1) is 0 Å². The van der Waals surface area contributed by atoms with Crippen molar-refractivity contribution >= 4 is 0 Å². The largest absolute Gasteiger partial charge is 0.207 e. The van der Waals surface area contributed by atoms with Crippen molar-refractivity contribution < 1.29 is 8.78 Å². The summed E-state index contributed by atoms with van der Waals surface area (Å²) in [7, 11) is 0. The average Bonchev–Trinajstić information content (AvgIpc) is 2.58. The molecule has 0 N–H and O–H groups in total. The molecule has 0 aliphatic rings. The third-order valence-electron chi connectivity index (χ3n) is 3.95. The van der Waals surface area contributed by atoms with Crippen molar-refractivity contribution in [1.82, 2.24) is 0 Å². The third-order valence-corrected chi connectivity index (χ3v) is 3.95. The van der Waals surface area contributed by atoms with Crippen LogP contribution in [0.3, 0.4) is 0 Å². The number of rotatable bonds is 4. The molecular weight excluding hydrogens is 290 g/mol. The van der Waals surface area contributed by atoms with Gasteiger partial charge in [-0.05, 0) is 46.9 Å².